The van der Waals surface area contributed by atoms with Gasteiger partial charge in [-0.25, -0.2) is 12.8 Å². The summed E-state index contributed by atoms with van der Waals surface area (Å²) < 4.78 is 44.0. The molecule has 2 aromatic carbocycles. The molecule has 4 rings (SSSR count). The molecule has 7 nitrogen and oxygen atoms in total. The molecule has 0 radical (unpaired) electrons. The van der Waals surface area contributed by atoms with Crippen molar-refractivity contribution in [3.63, 3.8) is 0 Å². The molecule has 0 spiro atoms. The first-order chi connectivity index (χ1) is 15.5. The second kappa shape index (κ2) is 8.87. The van der Waals surface area contributed by atoms with Crippen LogP contribution in [-0.4, -0.2) is 61.3 Å². The molecule has 1 aliphatic heterocycles. The summed E-state index contributed by atoms with van der Waals surface area (Å²) in [6, 6.07) is 8.45. The fourth-order valence-electron chi connectivity index (χ4n) is 3.83. The first-order valence-electron chi connectivity index (χ1n) is 9.83. The number of carbonyl (C=O) groups excluding carboxylic acids is 1. The van der Waals surface area contributed by atoms with Gasteiger partial charge in [0, 0.05) is 43.3 Å². The lowest BCUT2D eigenvalue weighted by Crippen LogP contribution is -2.51. The van der Waals surface area contributed by atoms with E-state index in [1.54, 1.807) is 6.07 Å². The van der Waals surface area contributed by atoms with E-state index in [1.165, 1.54) is 48.5 Å². The monoisotopic (exact) mass is 533 g/mol. The van der Waals surface area contributed by atoms with Gasteiger partial charge in [0.15, 0.2) is 0 Å². The number of H-pyrrole nitrogens is 1. The molecule has 1 aliphatic rings. The van der Waals surface area contributed by atoms with Crippen molar-refractivity contribution in [3.8, 4) is 5.75 Å². The van der Waals surface area contributed by atoms with E-state index in [0.29, 0.717) is 30.0 Å². The van der Waals surface area contributed by atoms with Crippen LogP contribution in [0.1, 0.15) is 0 Å². The molecule has 176 valence electrons. The highest BCUT2D eigenvalue weighted by Crippen LogP contribution is 2.36. The highest BCUT2D eigenvalue weighted by Gasteiger charge is 2.37. The molecule has 0 saturated carbocycles. The second-order valence-electron chi connectivity index (χ2n) is 7.46. The van der Waals surface area contributed by atoms with Gasteiger partial charge < -0.3 is 19.5 Å². The van der Waals surface area contributed by atoms with Crippen LogP contribution in [0, 0.1) is 5.82 Å². The molecular formula is C21H19Cl3FN3O4S. The largest absolute Gasteiger partial charge is 0.495 e. The number of anilines is 1. The van der Waals surface area contributed by atoms with Gasteiger partial charge in [0.25, 0.3) is 9.70 Å². The van der Waals surface area contributed by atoms with Crippen molar-refractivity contribution in [1.29, 1.82) is 0 Å². The summed E-state index contributed by atoms with van der Waals surface area (Å²) in [6.45, 7) is 1.33. The molecule has 1 N–H and O–H groups in total. The van der Waals surface area contributed by atoms with Crippen LogP contribution in [0.3, 0.4) is 0 Å². The number of hydrogen-bond acceptors (Lipinski definition) is 5. The zero-order valence-corrected chi connectivity index (χ0v) is 20.4. The lowest BCUT2D eigenvalue weighted by molar-refractivity contribution is -0.130. The molecule has 3 aromatic rings. The lowest BCUT2D eigenvalue weighted by Gasteiger charge is -2.37. The molecule has 1 fully saturated rings. The Balaban J connectivity index is 1.66. The van der Waals surface area contributed by atoms with Crippen molar-refractivity contribution < 1.29 is 22.3 Å². The molecule has 1 amide bonds. The number of aromatic nitrogens is 1. The van der Waals surface area contributed by atoms with Gasteiger partial charge in [0.1, 0.15) is 11.6 Å². The van der Waals surface area contributed by atoms with Gasteiger partial charge in [-0.3, -0.25) is 4.79 Å². The number of halogens is 4. The van der Waals surface area contributed by atoms with Crippen molar-refractivity contribution in [2.45, 2.75) is 13.6 Å². The Labute approximate surface area is 204 Å². The Morgan fingerprint density at radius 2 is 1.79 bits per heavy atom. The Morgan fingerprint density at radius 3 is 2.42 bits per heavy atom. The van der Waals surface area contributed by atoms with E-state index in [-0.39, 0.29) is 28.3 Å². The normalized spacial score (nSPS) is 15.2. The van der Waals surface area contributed by atoms with E-state index >= 15 is 0 Å². The van der Waals surface area contributed by atoms with Gasteiger partial charge in [0.2, 0.25) is 9.84 Å². The number of amides is 1. The van der Waals surface area contributed by atoms with Crippen molar-refractivity contribution in [1.82, 2.24) is 9.88 Å². The Kier molecular flexibility index (Phi) is 6.43. The number of sulfone groups is 1. The van der Waals surface area contributed by atoms with Crippen molar-refractivity contribution in [2.75, 3.05) is 38.2 Å². The number of carbonyl (C=O) groups is 1. The van der Waals surface area contributed by atoms with Gasteiger partial charge in [-0.05, 0) is 36.4 Å². The summed E-state index contributed by atoms with van der Waals surface area (Å²) in [4.78, 5) is 18.4. The summed E-state index contributed by atoms with van der Waals surface area (Å²) in [5.74, 6) is -0.668. The maximum Gasteiger partial charge on any atom is 0.274 e. The highest BCUT2D eigenvalue weighted by molar-refractivity contribution is 7.91. The molecule has 0 aliphatic carbocycles. The van der Waals surface area contributed by atoms with Crippen LogP contribution in [0.5, 0.6) is 5.75 Å². The number of rotatable bonds is 4. The van der Waals surface area contributed by atoms with E-state index in [4.69, 9.17) is 39.5 Å². The van der Waals surface area contributed by atoms with Gasteiger partial charge in [0.05, 0.1) is 22.6 Å². The molecule has 0 unspecified atom stereocenters. The zero-order chi connectivity index (χ0) is 24.0. The van der Waals surface area contributed by atoms with E-state index in [0.717, 1.165) is 0 Å². The molecular weight excluding hydrogens is 516 g/mol. The third-order valence-electron chi connectivity index (χ3n) is 5.51. The number of methoxy groups -OCH3 is 1. The van der Waals surface area contributed by atoms with Crippen LogP contribution in [0.25, 0.3) is 10.9 Å². The minimum absolute atomic E-state index is 0.0220. The first kappa shape index (κ1) is 23.9. The van der Waals surface area contributed by atoms with Gasteiger partial charge >= 0.3 is 0 Å². The lowest BCUT2D eigenvalue weighted by atomic mass is 10.2. The number of alkyl halides is 3. The topological polar surface area (TPSA) is 82.7 Å². The Hall–Kier alpha value is -2.20. The number of aromatic amines is 1. The standard InChI is InChI=1S/C21H19Cl3FN3O4S/c1-32-18-5-3-14(33(30,31)19-12-26-16-4-2-13(25)10-15(16)19)11-17(18)27-6-8-28(9-7-27)20(29)21(22,23)24/h2-5,10-12,26H,6-9H2,1H3. The quantitative estimate of drug-likeness (QED) is 0.508. The summed E-state index contributed by atoms with van der Waals surface area (Å²) in [7, 11) is -2.48. The number of benzene rings is 2. The maximum absolute atomic E-state index is 13.8. The number of piperazine rings is 1. The van der Waals surface area contributed by atoms with Crippen LogP contribution in [0.4, 0.5) is 10.1 Å². The van der Waals surface area contributed by atoms with Crippen molar-refractivity contribution >= 4 is 67.1 Å². The van der Waals surface area contributed by atoms with Crippen LogP contribution in [-0.2, 0) is 14.6 Å². The number of nitrogens with one attached hydrogen (secondary N) is 1. The van der Waals surface area contributed by atoms with Crippen LogP contribution < -0.4 is 9.64 Å². The molecule has 1 saturated heterocycles. The fourth-order valence-corrected chi connectivity index (χ4v) is 5.63. The van der Waals surface area contributed by atoms with Gasteiger partial charge in [-0.2, -0.15) is 0 Å². The first-order valence-corrected chi connectivity index (χ1v) is 12.4. The predicted molar refractivity (Wildman–Crippen MR) is 126 cm³/mol. The fraction of sp³-hybridized carbons (Fsp3) is 0.286. The summed E-state index contributed by atoms with van der Waals surface area (Å²) in [5, 5.41) is 0.270. The SMILES string of the molecule is COc1ccc(S(=O)(=O)c2c[nH]c3ccc(F)cc23)cc1N1CCN(C(=O)C(Cl)(Cl)Cl)CC1. The minimum atomic E-state index is -3.97. The third kappa shape index (κ3) is 4.59. The van der Waals surface area contributed by atoms with E-state index in [2.05, 4.69) is 4.98 Å². The molecule has 33 heavy (non-hydrogen) atoms. The second-order valence-corrected chi connectivity index (χ2v) is 11.7. The van der Waals surface area contributed by atoms with E-state index in [9.17, 15) is 17.6 Å². The van der Waals surface area contributed by atoms with Crippen LogP contribution in [0.15, 0.2) is 52.4 Å². The third-order valence-corrected chi connectivity index (χ3v) is 7.78. The maximum atomic E-state index is 13.8. The number of nitrogens with zero attached hydrogens (tertiary/aromatic N) is 2. The van der Waals surface area contributed by atoms with E-state index < -0.39 is 25.4 Å². The average Bonchev–Trinajstić information content (AvgIpc) is 3.21. The van der Waals surface area contributed by atoms with Crippen molar-refractivity contribution in [2.24, 2.45) is 0 Å². The average molecular weight is 535 g/mol. The molecule has 1 aromatic heterocycles. The number of hydrogen-bond donors (Lipinski definition) is 1. The summed E-state index contributed by atoms with van der Waals surface area (Å²) in [6.07, 6.45) is 1.35. The minimum Gasteiger partial charge on any atom is -0.495 e. The smallest absolute Gasteiger partial charge is 0.274 e. The van der Waals surface area contributed by atoms with Crippen LogP contribution >= 0.6 is 34.8 Å². The summed E-state index contributed by atoms with van der Waals surface area (Å²) in [5.41, 5.74) is 1.06. The zero-order valence-electron chi connectivity index (χ0n) is 17.3. The summed E-state index contributed by atoms with van der Waals surface area (Å²) >= 11 is 17.1. The van der Waals surface area contributed by atoms with Gasteiger partial charge in [-0.1, -0.05) is 34.8 Å². The molecule has 2 heterocycles. The number of fused-ring (bicyclic) bond motifs is 1. The van der Waals surface area contributed by atoms with Gasteiger partial charge in [-0.15, -0.1) is 0 Å². The molecule has 0 atom stereocenters. The predicted octanol–water partition coefficient (Wildman–Crippen LogP) is 4.17. The number of ether oxygens (including phenoxy) is 1. The van der Waals surface area contributed by atoms with Crippen LogP contribution in [0.2, 0.25) is 0 Å². The Morgan fingerprint density at radius 1 is 1.09 bits per heavy atom. The van der Waals surface area contributed by atoms with Crippen molar-refractivity contribution in [3.05, 3.63) is 48.4 Å². The highest BCUT2D eigenvalue weighted by atomic mass is 35.6. The molecule has 12 heteroatoms. The Bertz CT molecular complexity index is 1320. The van der Waals surface area contributed by atoms with E-state index in [1.807, 2.05) is 4.90 Å². The molecule has 0 bridgehead atoms.